The fourth-order valence-corrected chi connectivity index (χ4v) is 0. The Labute approximate surface area is 72.5 Å². The summed E-state index contributed by atoms with van der Waals surface area (Å²) < 4.78 is 0. The molecule has 0 aliphatic carbocycles. The second kappa shape index (κ2) is 9.33. The van der Waals surface area contributed by atoms with E-state index in [0.29, 0.717) is 13.3 Å². The van der Waals surface area contributed by atoms with E-state index < -0.39 is 0 Å². The fourth-order valence-electron chi connectivity index (χ4n) is 0. The topological polar surface area (TPSA) is 0 Å². The average Bonchev–Trinajstić information content (AvgIpc) is 0.918. The van der Waals surface area contributed by atoms with E-state index in [1.54, 1.807) is 0 Å². The van der Waals surface area contributed by atoms with Gasteiger partial charge in [-0.15, -0.1) is 24.0 Å². The Hall–Kier alpha value is 2.92. The molecular weight excluding hydrogens is 508 g/mol. The Kier molecular flexibility index (Phi) is 23.4. The maximum atomic E-state index is 2.39. The van der Waals surface area contributed by atoms with Gasteiger partial charge in [0, 0.05) is 0 Å². The molecule has 0 spiro atoms. The van der Waals surface area contributed by atoms with Crippen LogP contribution < -0.4 is 13.3 Å². The molecule has 0 radical (unpaired) electrons. The van der Waals surface area contributed by atoms with Gasteiger partial charge in [0.15, 0.2) is 0 Å². The molecule has 0 rings (SSSR count). The Bertz CT molecular complexity index is 0. The second-order valence-electron chi connectivity index (χ2n) is 0.0540. The Morgan fingerprint density at radius 3 is 1.25 bits per heavy atom. The summed E-state index contributed by atoms with van der Waals surface area (Å²) >= 11 is 5.30. The van der Waals surface area contributed by atoms with Gasteiger partial charge in [0.25, 0.3) is 0 Å². The fraction of sp³-hybridized carbons (Fsp3) is 0. The minimum absolute atomic E-state index is 0. The van der Waals surface area contributed by atoms with Gasteiger partial charge in [-0.25, -0.2) is 0 Å². The zero-order chi connectivity index (χ0) is 2.71. The molecule has 0 aliphatic rings. The molecule has 0 saturated carbocycles. The van der Waals surface area contributed by atoms with E-state index in [4.69, 9.17) is 0 Å². The third-order valence-corrected chi connectivity index (χ3v) is 0. The van der Waals surface area contributed by atoms with Crippen molar-refractivity contribution < 1.29 is 13.3 Å². The van der Waals surface area contributed by atoms with Crippen molar-refractivity contribution in [1.82, 2.24) is 0 Å². The molecule has 0 bridgehead atoms. The molecule has 0 nitrogen and oxygen atoms in total. The van der Waals surface area contributed by atoms with E-state index in [9.17, 15) is 0 Å². The van der Waals surface area contributed by atoms with Crippen molar-refractivity contribution in [2.75, 3.05) is 0 Å². The molecule has 4 heavy (non-hydrogen) atoms. The van der Waals surface area contributed by atoms with Crippen LogP contribution in [0.25, 0.3) is 0 Å². The molecule has 0 N–H and O–H groups in total. The van der Waals surface area contributed by atoms with E-state index in [1.807, 2.05) is 0 Å². The van der Waals surface area contributed by atoms with Crippen molar-refractivity contribution in [2.45, 2.75) is 0 Å². The van der Waals surface area contributed by atoms with Crippen LogP contribution in [0.15, 0.2) is 0 Å². The van der Waals surface area contributed by atoms with Gasteiger partial charge >= 0.3 is 50.5 Å². The van der Waals surface area contributed by atoms with Crippen LogP contribution >= 0.6 is 61.2 Å². The molecule has 0 fully saturated rings. The van der Waals surface area contributed by atoms with Crippen LogP contribution in [0.5, 0.6) is 0 Å². The summed E-state index contributed by atoms with van der Waals surface area (Å²) in [5.74, 6) is 0. The van der Waals surface area contributed by atoms with Gasteiger partial charge in [-0.05, 0) is 0 Å². The zero-order valence-electron chi connectivity index (χ0n) is 1.54. The van der Waals surface area contributed by atoms with E-state index in [0.717, 1.165) is 0 Å². The van der Waals surface area contributed by atoms with Crippen molar-refractivity contribution in [3.8, 4) is 0 Å². The maximum absolute atomic E-state index is 2.39. The quantitative estimate of drug-likeness (QED) is 0.384. The molecule has 0 aromatic heterocycles. The molecule has 0 heterocycles. The Morgan fingerprint density at radius 1 is 1.25 bits per heavy atom. The zero-order valence-corrected chi connectivity index (χ0v) is 10.3. The van der Waals surface area contributed by atoms with Gasteiger partial charge in [0.2, 0.25) is 0 Å². The number of hydrogen-bond acceptors (Lipinski definition) is 0. The van der Waals surface area contributed by atoms with Crippen LogP contribution in [0.1, 0.15) is 0 Å². The molecule has 0 saturated heterocycles. The van der Waals surface area contributed by atoms with E-state index >= 15 is 0 Å². The van der Waals surface area contributed by atoms with Gasteiger partial charge in [-0.3, -0.25) is 0 Å². The predicted molar refractivity (Wildman–Crippen MR) is 43.5 cm³/mol. The predicted octanol–water partition coefficient (Wildman–Crippen LogP) is -0.607. The van der Waals surface area contributed by atoms with Crippen molar-refractivity contribution >= 4 is 61.2 Å². The monoisotopic (exact) mass is 509 g/mol. The second-order valence-corrected chi connectivity index (χ2v) is 16.3. The summed E-state index contributed by atoms with van der Waals surface area (Å²) in [7, 11) is 0. The van der Waals surface area contributed by atoms with Crippen molar-refractivity contribution in [1.29, 1.82) is 0 Å². The molecule has 0 aromatic carbocycles. The average molecular weight is 509 g/mol. The van der Waals surface area contributed by atoms with Crippen LogP contribution in [0.4, 0.5) is 0 Å². The summed E-state index contributed by atoms with van der Waals surface area (Å²) in [6.45, 7) is 0. The third-order valence-electron chi connectivity index (χ3n) is 0. The molecule has 0 amide bonds. The van der Waals surface area contributed by atoms with Crippen LogP contribution in [-0.4, -0.2) is 0 Å². The first kappa shape index (κ1) is 10.0. The summed E-state index contributed by atoms with van der Waals surface area (Å²) in [5, 5.41) is 0. The van der Waals surface area contributed by atoms with Gasteiger partial charge in [-0.2, -0.15) is 0 Å². The van der Waals surface area contributed by atoms with E-state index in [1.165, 1.54) is 0 Å². The summed E-state index contributed by atoms with van der Waals surface area (Å²) in [6.07, 6.45) is 0. The van der Waals surface area contributed by atoms with E-state index in [2.05, 4.69) is 37.2 Å². The van der Waals surface area contributed by atoms with Crippen LogP contribution in [-0.2, 0) is 0 Å². The standard InChI is InChI=1S/I3.HI/c1-3-2;/h;1H/q-1;. The number of rotatable bonds is 0. The summed E-state index contributed by atoms with van der Waals surface area (Å²) in [6, 6.07) is 0. The minimum atomic E-state index is 0. The Balaban J connectivity index is 0. The van der Waals surface area contributed by atoms with E-state index in [-0.39, 0.29) is 24.0 Å². The first-order valence-corrected chi connectivity index (χ1v) is 12.9. The van der Waals surface area contributed by atoms with Crippen LogP contribution in [0.2, 0.25) is 0 Å². The van der Waals surface area contributed by atoms with Gasteiger partial charge < -0.3 is 0 Å². The molecule has 0 unspecified atom stereocenters. The van der Waals surface area contributed by atoms with Crippen molar-refractivity contribution in [2.24, 2.45) is 0 Å². The SMILES string of the molecule is I.I[I-]I. The van der Waals surface area contributed by atoms with Crippen molar-refractivity contribution in [3.05, 3.63) is 0 Å². The van der Waals surface area contributed by atoms with Gasteiger partial charge in [0.1, 0.15) is 0 Å². The number of halogens is 4. The molecular formula is HI4-. The summed E-state index contributed by atoms with van der Waals surface area (Å²) in [5.41, 5.74) is 0. The van der Waals surface area contributed by atoms with Crippen LogP contribution in [0, 0.1) is 0 Å². The van der Waals surface area contributed by atoms with Crippen LogP contribution in [0.3, 0.4) is 0 Å². The third kappa shape index (κ3) is 8.87. The number of hydrogen-bond donors (Lipinski definition) is 0. The molecule has 30 valence electrons. The first-order chi connectivity index (χ1) is 1.41. The van der Waals surface area contributed by atoms with Crippen molar-refractivity contribution in [3.63, 3.8) is 0 Å². The molecule has 4 heteroatoms. The molecule has 0 aromatic rings. The molecule has 0 atom stereocenters. The first-order valence-electron chi connectivity index (χ1n) is 0.286. The van der Waals surface area contributed by atoms with Gasteiger partial charge in [-0.1, -0.05) is 0 Å². The normalized spacial score (nSPS) is 5.50. The Morgan fingerprint density at radius 2 is 1.25 bits per heavy atom. The summed E-state index contributed by atoms with van der Waals surface area (Å²) in [4.78, 5) is 0. The molecule has 0 aliphatic heterocycles. The van der Waals surface area contributed by atoms with Gasteiger partial charge in [0.05, 0.1) is 0 Å².